The number of halogens is 4. The van der Waals surface area contributed by atoms with Gasteiger partial charge in [-0.3, -0.25) is 4.57 Å². The Labute approximate surface area is 227 Å². The lowest BCUT2D eigenvalue weighted by Crippen LogP contribution is -2.15. The number of aryl methyl sites for hydroxylation is 2. The Kier molecular flexibility index (Phi) is 7.34. The minimum atomic E-state index is -4.26. The largest absolute Gasteiger partial charge is 0.291 e. The third kappa shape index (κ3) is 5.22. The van der Waals surface area contributed by atoms with Gasteiger partial charge in [0, 0.05) is 27.9 Å². The standard InChI is InChI=1S/C27H23ClF3N3O2S2/c1-15-11-16(5-10-22(15)28)20-3-2-4-25-26(20)34(18-8-6-17(29)7-9-18)27(33-25)37-14-21-23(30)12-19(13-24(21)31)38(32,35)36/h5-13,20H,2-4,14H2,1H3,(H2,32,35,36). The summed E-state index contributed by atoms with van der Waals surface area (Å²) in [6.07, 6.45) is 2.50. The van der Waals surface area contributed by atoms with E-state index in [1.165, 1.54) is 12.1 Å². The van der Waals surface area contributed by atoms with E-state index in [0.29, 0.717) is 28.0 Å². The zero-order valence-electron chi connectivity index (χ0n) is 20.2. The number of primary sulfonamides is 1. The van der Waals surface area contributed by atoms with Crippen LogP contribution in [0.25, 0.3) is 5.69 Å². The number of benzene rings is 3. The van der Waals surface area contributed by atoms with E-state index < -0.39 is 26.6 Å². The molecular formula is C27H23ClF3N3O2S2. The average Bonchev–Trinajstić information content (AvgIpc) is 3.23. The van der Waals surface area contributed by atoms with Crippen molar-refractivity contribution in [1.29, 1.82) is 0 Å². The van der Waals surface area contributed by atoms with Crippen LogP contribution in [0.1, 0.15) is 46.8 Å². The smallest absolute Gasteiger partial charge is 0.238 e. The fourth-order valence-corrected chi connectivity index (χ4v) is 6.48. The third-order valence-corrected chi connectivity index (χ3v) is 8.93. The maximum Gasteiger partial charge on any atom is 0.238 e. The monoisotopic (exact) mass is 577 g/mol. The van der Waals surface area contributed by atoms with Crippen molar-refractivity contribution >= 4 is 33.4 Å². The van der Waals surface area contributed by atoms with Gasteiger partial charge in [-0.25, -0.2) is 31.7 Å². The highest BCUT2D eigenvalue weighted by Crippen LogP contribution is 2.42. The van der Waals surface area contributed by atoms with Crippen LogP contribution < -0.4 is 5.14 Å². The molecule has 0 aliphatic heterocycles. The van der Waals surface area contributed by atoms with Crippen molar-refractivity contribution in [2.24, 2.45) is 5.14 Å². The molecule has 1 heterocycles. The molecule has 1 aromatic heterocycles. The number of hydrogen-bond acceptors (Lipinski definition) is 4. The lowest BCUT2D eigenvalue weighted by atomic mass is 9.83. The molecular weight excluding hydrogens is 555 g/mol. The molecule has 38 heavy (non-hydrogen) atoms. The zero-order chi connectivity index (χ0) is 27.2. The summed E-state index contributed by atoms with van der Waals surface area (Å²) in [5, 5.41) is 6.19. The molecule has 0 spiro atoms. The molecule has 0 amide bonds. The zero-order valence-corrected chi connectivity index (χ0v) is 22.6. The van der Waals surface area contributed by atoms with Crippen LogP contribution in [0.15, 0.2) is 64.6 Å². The first-order valence-electron chi connectivity index (χ1n) is 11.8. The van der Waals surface area contributed by atoms with Crippen molar-refractivity contribution in [1.82, 2.24) is 9.55 Å². The minimum absolute atomic E-state index is 0.0101. The Morgan fingerprint density at radius 1 is 1.08 bits per heavy atom. The summed E-state index contributed by atoms with van der Waals surface area (Å²) in [5.41, 5.74) is 4.21. The highest BCUT2D eigenvalue weighted by Gasteiger charge is 2.30. The van der Waals surface area contributed by atoms with Crippen molar-refractivity contribution in [2.45, 2.75) is 47.9 Å². The normalized spacial score (nSPS) is 15.5. The molecule has 5 rings (SSSR count). The Balaban J connectivity index is 1.59. The van der Waals surface area contributed by atoms with Gasteiger partial charge in [0.1, 0.15) is 17.5 Å². The Hall–Kier alpha value is -2.79. The van der Waals surface area contributed by atoms with E-state index in [-0.39, 0.29) is 23.1 Å². The van der Waals surface area contributed by atoms with Crippen molar-refractivity contribution in [3.8, 4) is 5.69 Å². The summed E-state index contributed by atoms with van der Waals surface area (Å²) in [6, 6.07) is 13.3. The van der Waals surface area contributed by atoms with Gasteiger partial charge in [0.05, 0.1) is 16.3 Å². The van der Waals surface area contributed by atoms with E-state index in [1.807, 2.05) is 23.6 Å². The first-order chi connectivity index (χ1) is 18.0. The molecule has 11 heteroatoms. The maximum absolute atomic E-state index is 14.7. The van der Waals surface area contributed by atoms with Crippen LogP contribution >= 0.6 is 23.4 Å². The van der Waals surface area contributed by atoms with Gasteiger partial charge >= 0.3 is 0 Å². The molecule has 5 nitrogen and oxygen atoms in total. The van der Waals surface area contributed by atoms with Gasteiger partial charge in [0.15, 0.2) is 5.16 Å². The topological polar surface area (TPSA) is 78.0 Å². The molecule has 0 saturated heterocycles. The molecule has 3 aromatic carbocycles. The number of rotatable bonds is 6. The van der Waals surface area contributed by atoms with Gasteiger partial charge in [-0.15, -0.1) is 0 Å². The van der Waals surface area contributed by atoms with Crippen LogP contribution in [0.3, 0.4) is 0 Å². The Bertz CT molecular complexity index is 1620. The first kappa shape index (κ1) is 26.8. The summed E-state index contributed by atoms with van der Waals surface area (Å²) in [5.74, 6) is -2.57. The number of hydrogen-bond donors (Lipinski definition) is 1. The molecule has 0 radical (unpaired) electrons. The van der Waals surface area contributed by atoms with E-state index in [9.17, 15) is 21.6 Å². The lowest BCUT2D eigenvalue weighted by Gasteiger charge is -2.25. The summed E-state index contributed by atoms with van der Waals surface area (Å²) in [7, 11) is -4.26. The summed E-state index contributed by atoms with van der Waals surface area (Å²) >= 11 is 7.38. The number of sulfonamides is 1. The van der Waals surface area contributed by atoms with Crippen LogP contribution in [-0.4, -0.2) is 18.0 Å². The Morgan fingerprint density at radius 2 is 1.76 bits per heavy atom. The van der Waals surface area contributed by atoms with Gasteiger partial charge in [0.25, 0.3) is 0 Å². The second-order valence-corrected chi connectivity index (χ2v) is 12.1. The van der Waals surface area contributed by atoms with Gasteiger partial charge in [-0.2, -0.15) is 0 Å². The van der Waals surface area contributed by atoms with Gasteiger partial charge < -0.3 is 0 Å². The van der Waals surface area contributed by atoms with Crippen LogP contribution in [-0.2, 0) is 22.2 Å². The minimum Gasteiger partial charge on any atom is -0.291 e. The van der Waals surface area contributed by atoms with Crippen LogP contribution in [0.5, 0.6) is 0 Å². The van der Waals surface area contributed by atoms with Crippen molar-refractivity contribution < 1.29 is 21.6 Å². The molecule has 1 aliphatic rings. The van der Waals surface area contributed by atoms with Crippen molar-refractivity contribution in [2.75, 3.05) is 0 Å². The summed E-state index contributed by atoms with van der Waals surface area (Å²) in [6.45, 7) is 1.94. The fraction of sp³-hybridized carbons (Fsp3) is 0.222. The SMILES string of the molecule is Cc1cc(C2CCCc3nc(SCc4c(F)cc(S(N)(=O)=O)cc4F)n(-c4ccc(F)cc4)c32)ccc1Cl. The molecule has 2 N–H and O–H groups in total. The number of thioether (sulfide) groups is 1. The fourth-order valence-electron chi connectivity index (χ4n) is 4.77. The van der Waals surface area contributed by atoms with Gasteiger partial charge in [-0.1, -0.05) is 35.5 Å². The number of nitrogens with two attached hydrogens (primary N) is 1. The van der Waals surface area contributed by atoms with Crippen LogP contribution in [0.2, 0.25) is 5.02 Å². The predicted molar refractivity (Wildman–Crippen MR) is 142 cm³/mol. The molecule has 0 saturated carbocycles. The molecule has 1 aliphatic carbocycles. The summed E-state index contributed by atoms with van der Waals surface area (Å²) in [4.78, 5) is 4.21. The van der Waals surface area contributed by atoms with Gasteiger partial charge in [-0.05, 0) is 79.8 Å². The summed E-state index contributed by atoms with van der Waals surface area (Å²) < 4.78 is 68.3. The lowest BCUT2D eigenvalue weighted by molar-refractivity contribution is 0.553. The van der Waals surface area contributed by atoms with Gasteiger partial charge in [0.2, 0.25) is 10.0 Å². The second-order valence-electron chi connectivity index (χ2n) is 9.19. The quantitative estimate of drug-likeness (QED) is 0.260. The average molecular weight is 578 g/mol. The second kappa shape index (κ2) is 10.4. The van der Waals surface area contributed by atoms with Crippen LogP contribution in [0, 0.1) is 24.4 Å². The molecule has 1 unspecified atom stereocenters. The molecule has 4 aromatic rings. The Morgan fingerprint density at radius 3 is 2.39 bits per heavy atom. The molecule has 1 atom stereocenters. The maximum atomic E-state index is 14.7. The van der Waals surface area contributed by atoms with E-state index in [4.69, 9.17) is 21.7 Å². The number of imidazole rings is 1. The first-order valence-corrected chi connectivity index (χ1v) is 14.7. The van der Waals surface area contributed by atoms with E-state index in [2.05, 4.69) is 6.07 Å². The van der Waals surface area contributed by atoms with Crippen LogP contribution in [0.4, 0.5) is 13.2 Å². The predicted octanol–water partition coefficient (Wildman–Crippen LogP) is 6.66. The number of aromatic nitrogens is 2. The molecule has 0 fully saturated rings. The molecule has 0 bridgehead atoms. The van der Waals surface area contributed by atoms with Crippen molar-refractivity contribution in [3.63, 3.8) is 0 Å². The highest BCUT2D eigenvalue weighted by molar-refractivity contribution is 7.98. The number of fused-ring (bicyclic) bond motifs is 1. The van der Waals surface area contributed by atoms with E-state index in [0.717, 1.165) is 53.5 Å². The molecule has 198 valence electrons. The van der Waals surface area contributed by atoms with Crippen molar-refractivity contribution in [3.05, 3.63) is 105 Å². The van der Waals surface area contributed by atoms with E-state index >= 15 is 0 Å². The highest BCUT2D eigenvalue weighted by atomic mass is 35.5. The van der Waals surface area contributed by atoms with E-state index in [1.54, 1.807) is 12.1 Å². The number of nitrogens with zero attached hydrogens (tertiary/aromatic N) is 2. The third-order valence-electron chi connectivity index (χ3n) is 6.65.